The molecule has 0 bridgehead atoms. The number of hydrogen-bond acceptors (Lipinski definition) is 6. The second-order valence-corrected chi connectivity index (χ2v) is 5.61. The van der Waals surface area contributed by atoms with Crippen molar-refractivity contribution in [3.63, 3.8) is 0 Å². The van der Waals surface area contributed by atoms with Gasteiger partial charge >= 0.3 is 0 Å². The Morgan fingerprint density at radius 2 is 2.00 bits per heavy atom. The van der Waals surface area contributed by atoms with Crippen LogP contribution in [0, 0.1) is 11.6 Å². The maximum Gasteiger partial charge on any atom is 0.255 e. The molecule has 0 aliphatic heterocycles. The number of methoxy groups -OCH3 is 1. The van der Waals surface area contributed by atoms with Crippen LogP contribution in [0.3, 0.4) is 0 Å². The maximum atomic E-state index is 14.1. The minimum absolute atomic E-state index is 0.109. The van der Waals surface area contributed by atoms with Crippen LogP contribution in [-0.2, 0) is 6.42 Å². The fourth-order valence-electron chi connectivity index (χ4n) is 2.63. The molecule has 0 unspecified atom stereocenters. The predicted molar refractivity (Wildman–Crippen MR) is 90.4 cm³/mol. The van der Waals surface area contributed by atoms with Crippen LogP contribution >= 0.6 is 0 Å². The smallest absolute Gasteiger partial charge is 0.255 e. The second kappa shape index (κ2) is 6.94. The van der Waals surface area contributed by atoms with Crippen molar-refractivity contribution in [3.05, 3.63) is 71.9 Å². The number of ether oxygens (including phenoxy) is 1. The Bertz CT molecular complexity index is 1080. The van der Waals surface area contributed by atoms with Crippen LogP contribution in [-0.4, -0.2) is 32.0 Å². The first kappa shape index (κ1) is 16.8. The number of halogens is 2. The van der Waals surface area contributed by atoms with Crippen LogP contribution in [0.2, 0.25) is 0 Å². The molecule has 0 N–H and O–H groups in total. The largest absolute Gasteiger partial charge is 0.479 e. The molecule has 9 heteroatoms. The van der Waals surface area contributed by atoms with Gasteiger partial charge in [0.25, 0.3) is 11.8 Å². The summed E-state index contributed by atoms with van der Waals surface area (Å²) in [5, 5.41) is 8.36. The third-order valence-electron chi connectivity index (χ3n) is 3.92. The van der Waals surface area contributed by atoms with Gasteiger partial charge in [-0.05, 0) is 11.6 Å². The molecule has 0 spiro atoms. The van der Waals surface area contributed by atoms with Gasteiger partial charge in [0.05, 0.1) is 19.0 Å². The van der Waals surface area contributed by atoms with Crippen LogP contribution in [0.4, 0.5) is 8.78 Å². The third kappa shape index (κ3) is 3.26. The molecule has 0 fully saturated rings. The summed E-state index contributed by atoms with van der Waals surface area (Å²) in [7, 11) is 1.31. The van der Waals surface area contributed by atoms with Crippen LogP contribution < -0.4 is 4.74 Å². The third-order valence-corrected chi connectivity index (χ3v) is 3.92. The molecule has 0 aliphatic rings. The first-order valence-corrected chi connectivity index (χ1v) is 7.95. The summed E-state index contributed by atoms with van der Waals surface area (Å²) in [5.74, 6) is -1.11. The number of nitrogens with zero attached hydrogens (tertiary/aromatic N) is 5. The lowest BCUT2D eigenvalue weighted by molar-refractivity contribution is 0.365. The lowest BCUT2D eigenvalue weighted by Gasteiger charge is -2.03. The van der Waals surface area contributed by atoms with Crippen molar-refractivity contribution in [1.29, 1.82) is 0 Å². The molecule has 3 heterocycles. The topological polar surface area (TPSA) is 78.9 Å². The van der Waals surface area contributed by atoms with E-state index >= 15 is 0 Å². The monoisotopic (exact) mass is 369 g/mol. The van der Waals surface area contributed by atoms with Gasteiger partial charge in [-0.3, -0.25) is 0 Å². The zero-order chi connectivity index (χ0) is 18.8. The average molecular weight is 369 g/mol. The number of aromatic nitrogens is 5. The summed E-state index contributed by atoms with van der Waals surface area (Å²) in [5.41, 5.74) is 2.17. The minimum Gasteiger partial charge on any atom is -0.479 e. The van der Waals surface area contributed by atoms with Crippen LogP contribution in [0.15, 0.2) is 53.5 Å². The minimum atomic E-state index is -0.684. The summed E-state index contributed by atoms with van der Waals surface area (Å²) in [6, 6.07) is 8.10. The molecule has 0 radical (unpaired) electrons. The number of rotatable bonds is 5. The van der Waals surface area contributed by atoms with E-state index in [2.05, 4.69) is 20.2 Å². The molecule has 0 amide bonds. The Morgan fingerprint density at radius 3 is 2.74 bits per heavy atom. The molecule has 7 nitrogen and oxygen atoms in total. The van der Waals surface area contributed by atoms with Gasteiger partial charge in [0.1, 0.15) is 17.8 Å². The highest BCUT2D eigenvalue weighted by Crippen LogP contribution is 2.25. The molecular weight excluding hydrogens is 356 g/mol. The molecule has 4 aromatic rings. The van der Waals surface area contributed by atoms with Crippen molar-refractivity contribution in [2.45, 2.75) is 6.42 Å². The van der Waals surface area contributed by atoms with Crippen molar-refractivity contribution >= 4 is 0 Å². The highest BCUT2D eigenvalue weighted by molar-refractivity contribution is 5.61. The Morgan fingerprint density at radius 1 is 1.15 bits per heavy atom. The molecule has 136 valence electrons. The van der Waals surface area contributed by atoms with Crippen molar-refractivity contribution in [2.75, 3.05) is 7.11 Å². The summed E-state index contributed by atoms with van der Waals surface area (Å²) < 4.78 is 38.8. The van der Waals surface area contributed by atoms with E-state index in [1.807, 2.05) is 0 Å². The Labute approximate surface area is 152 Å². The molecule has 0 atom stereocenters. The number of benzene rings is 1. The molecule has 27 heavy (non-hydrogen) atoms. The van der Waals surface area contributed by atoms with Crippen LogP contribution in [0.1, 0.15) is 11.3 Å². The van der Waals surface area contributed by atoms with Crippen molar-refractivity contribution < 1.29 is 18.0 Å². The maximum absolute atomic E-state index is 14.1. The Kier molecular flexibility index (Phi) is 4.33. The van der Waals surface area contributed by atoms with E-state index < -0.39 is 5.82 Å². The first-order chi connectivity index (χ1) is 13.2. The van der Waals surface area contributed by atoms with Gasteiger partial charge < -0.3 is 9.26 Å². The lowest BCUT2D eigenvalue weighted by atomic mass is 10.1. The van der Waals surface area contributed by atoms with Gasteiger partial charge in [-0.2, -0.15) is 14.5 Å². The summed E-state index contributed by atoms with van der Waals surface area (Å²) in [6.45, 7) is 0. The Hall–Kier alpha value is -3.62. The summed E-state index contributed by atoms with van der Waals surface area (Å²) in [4.78, 5) is 7.93. The van der Waals surface area contributed by atoms with E-state index in [0.717, 1.165) is 6.20 Å². The van der Waals surface area contributed by atoms with Gasteiger partial charge in [-0.1, -0.05) is 23.4 Å². The quantitative estimate of drug-likeness (QED) is 0.538. The Balaban J connectivity index is 1.80. The fourth-order valence-corrected chi connectivity index (χ4v) is 2.63. The molecular formula is C18H13F2N5O2. The van der Waals surface area contributed by atoms with Gasteiger partial charge in [0, 0.05) is 24.2 Å². The van der Waals surface area contributed by atoms with Crippen molar-refractivity contribution in [1.82, 2.24) is 24.9 Å². The lowest BCUT2D eigenvalue weighted by Crippen LogP contribution is -2.05. The fraction of sp³-hybridized carbons (Fsp3) is 0.111. The highest BCUT2D eigenvalue weighted by Gasteiger charge is 2.18. The molecule has 0 aliphatic carbocycles. The molecule has 4 rings (SSSR count). The summed E-state index contributed by atoms with van der Waals surface area (Å²) in [6.07, 6.45) is 4.27. The number of hydrogen-bond donors (Lipinski definition) is 0. The second-order valence-electron chi connectivity index (χ2n) is 5.61. The van der Waals surface area contributed by atoms with Crippen molar-refractivity contribution in [2.24, 2.45) is 0 Å². The van der Waals surface area contributed by atoms with E-state index in [1.54, 1.807) is 30.5 Å². The van der Waals surface area contributed by atoms with Gasteiger partial charge in [-0.15, -0.1) is 0 Å². The highest BCUT2D eigenvalue weighted by atomic mass is 19.1. The molecule has 0 saturated heterocycles. The van der Waals surface area contributed by atoms with E-state index in [4.69, 9.17) is 9.26 Å². The van der Waals surface area contributed by atoms with E-state index in [0.29, 0.717) is 22.5 Å². The zero-order valence-corrected chi connectivity index (χ0v) is 14.1. The normalized spacial score (nSPS) is 10.9. The summed E-state index contributed by atoms with van der Waals surface area (Å²) >= 11 is 0. The SMILES string of the molecule is COc1nc(-n2cc(-c3ccon3)c(Cc3ccccc3F)n2)ncc1F. The van der Waals surface area contributed by atoms with Gasteiger partial charge in [-0.25, -0.2) is 14.1 Å². The molecule has 3 aromatic heterocycles. The molecule has 0 saturated carbocycles. The van der Waals surface area contributed by atoms with Crippen LogP contribution in [0.25, 0.3) is 17.2 Å². The molecule has 1 aromatic carbocycles. The van der Waals surface area contributed by atoms with Crippen molar-refractivity contribution in [3.8, 4) is 23.1 Å². The average Bonchev–Trinajstić information content (AvgIpc) is 3.34. The predicted octanol–water partition coefficient (Wildman–Crippen LogP) is 3.19. The van der Waals surface area contributed by atoms with Gasteiger partial charge in [0.15, 0.2) is 0 Å². The first-order valence-electron chi connectivity index (χ1n) is 7.95. The van der Waals surface area contributed by atoms with E-state index in [-0.39, 0.29) is 24.1 Å². The standard InChI is InChI=1S/C18H13F2N5O2/c1-26-17-14(20)9-21-18(22-17)25-10-12(15-6-7-27-24-15)16(23-25)8-11-4-2-3-5-13(11)19/h2-7,9-10H,8H2,1H3. The zero-order valence-electron chi connectivity index (χ0n) is 14.1. The van der Waals surface area contributed by atoms with Crippen LogP contribution in [0.5, 0.6) is 5.88 Å². The van der Waals surface area contributed by atoms with E-state index in [9.17, 15) is 8.78 Å². The van der Waals surface area contributed by atoms with Gasteiger partial charge in [0.2, 0.25) is 5.82 Å². The van der Waals surface area contributed by atoms with E-state index in [1.165, 1.54) is 24.1 Å².